The van der Waals surface area contributed by atoms with Crippen molar-refractivity contribution in [1.82, 2.24) is 14.8 Å². The minimum Gasteiger partial charge on any atom is -0.493 e. The number of amides is 1. The van der Waals surface area contributed by atoms with Gasteiger partial charge in [0, 0.05) is 29.2 Å². The standard InChI is InChI=1S/C22H23ClN4O2/c23-17-8-10-19(11-9-17)29-14-12-21(28)24-18-6-4-5-16(15-18)22-26-25-20-7-2-1-3-13-27(20)22/h4-6,8-11,15H,1-3,7,12-14H2,(H,24,28). The Morgan fingerprint density at radius 2 is 1.97 bits per heavy atom. The third-order valence-corrected chi connectivity index (χ3v) is 5.18. The van der Waals surface area contributed by atoms with Crippen molar-refractivity contribution in [2.24, 2.45) is 0 Å². The van der Waals surface area contributed by atoms with Gasteiger partial charge in [-0.15, -0.1) is 10.2 Å². The fourth-order valence-corrected chi connectivity index (χ4v) is 3.58. The maximum absolute atomic E-state index is 12.3. The number of hydrogen-bond acceptors (Lipinski definition) is 4. The zero-order valence-corrected chi connectivity index (χ0v) is 16.9. The van der Waals surface area contributed by atoms with E-state index in [-0.39, 0.29) is 12.3 Å². The Hall–Kier alpha value is -2.86. The first-order chi connectivity index (χ1) is 14.2. The molecule has 3 aromatic rings. The van der Waals surface area contributed by atoms with Crippen molar-refractivity contribution in [2.45, 2.75) is 38.6 Å². The summed E-state index contributed by atoms with van der Waals surface area (Å²) in [6.07, 6.45) is 4.75. The molecule has 0 saturated carbocycles. The smallest absolute Gasteiger partial charge is 0.227 e. The van der Waals surface area contributed by atoms with E-state index in [0.717, 1.165) is 48.7 Å². The van der Waals surface area contributed by atoms with E-state index in [0.29, 0.717) is 17.4 Å². The Morgan fingerprint density at radius 1 is 1.10 bits per heavy atom. The van der Waals surface area contributed by atoms with Gasteiger partial charge in [-0.05, 0) is 49.2 Å². The molecule has 2 heterocycles. The number of nitrogens with zero attached hydrogens (tertiary/aromatic N) is 3. The van der Waals surface area contributed by atoms with Gasteiger partial charge >= 0.3 is 0 Å². The molecule has 1 amide bonds. The van der Waals surface area contributed by atoms with E-state index in [2.05, 4.69) is 20.1 Å². The van der Waals surface area contributed by atoms with E-state index in [1.54, 1.807) is 24.3 Å². The second-order valence-corrected chi connectivity index (χ2v) is 7.52. The minimum atomic E-state index is -0.101. The molecule has 29 heavy (non-hydrogen) atoms. The molecule has 1 aromatic heterocycles. The normalized spacial score (nSPS) is 13.4. The molecule has 0 aliphatic carbocycles. The van der Waals surface area contributed by atoms with Crippen molar-refractivity contribution in [2.75, 3.05) is 11.9 Å². The van der Waals surface area contributed by atoms with Crippen LogP contribution in [0.25, 0.3) is 11.4 Å². The molecule has 1 N–H and O–H groups in total. The zero-order valence-electron chi connectivity index (χ0n) is 16.1. The van der Waals surface area contributed by atoms with Gasteiger partial charge in [0.05, 0.1) is 13.0 Å². The van der Waals surface area contributed by atoms with Gasteiger partial charge in [-0.1, -0.05) is 30.2 Å². The molecule has 7 heteroatoms. The number of carbonyl (C=O) groups excluding carboxylic acids is 1. The maximum atomic E-state index is 12.3. The highest BCUT2D eigenvalue weighted by molar-refractivity contribution is 6.30. The van der Waals surface area contributed by atoms with E-state index in [4.69, 9.17) is 16.3 Å². The van der Waals surface area contributed by atoms with Crippen LogP contribution in [0.3, 0.4) is 0 Å². The van der Waals surface area contributed by atoms with Gasteiger partial charge in [-0.3, -0.25) is 4.79 Å². The number of halogens is 1. The van der Waals surface area contributed by atoms with Crippen LogP contribution in [0.5, 0.6) is 5.75 Å². The first-order valence-electron chi connectivity index (χ1n) is 9.90. The molecule has 4 rings (SSSR count). The number of anilines is 1. The number of ether oxygens (including phenoxy) is 1. The average molecular weight is 411 g/mol. The Bertz CT molecular complexity index is 985. The summed E-state index contributed by atoms with van der Waals surface area (Å²) in [5, 5.41) is 12.3. The van der Waals surface area contributed by atoms with Crippen molar-refractivity contribution >= 4 is 23.2 Å². The predicted octanol–water partition coefficient (Wildman–Crippen LogP) is 4.73. The van der Waals surface area contributed by atoms with Crippen molar-refractivity contribution < 1.29 is 9.53 Å². The minimum absolute atomic E-state index is 0.101. The number of fused-ring (bicyclic) bond motifs is 1. The quantitative estimate of drug-likeness (QED) is 0.637. The van der Waals surface area contributed by atoms with Crippen LogP contribution in [0.4, 0.5) is 5.69 Å². The van der Waals surface area contributed by atoms with Gasteiger partial charge in [0.1, 0.15) is 11.6 Å². The average Bonchev–Trinajstić information content (AvgIpc) is 2.98. The van der Waals surface area contributed by atoms with Crippen molar-refractivity contribution in [3.63, 3.8) is 0 Å². The number of rotatable bonds is 6. The lowest BCUT2D eigenvalue weighted by Crippen LogP contribution is -2.15. The fraction of sp³-hybridized carbons (Fsp3) is 0.318. The molecular formula is C22H23ClN4O2. The van der Waals surface area contributed by atoms with Crippen LogP contribution >= 0.6 is 11.6 Å². The van der Waals surface area contributed by atoms with Crippen LogP contribution in [0, 0.1) is 0 Å². The summed E-state index contributed by atoms with van der Waals surface area (Å²) in [5.41, 5.74) is 1.70. The topological polar surface area (TPSA) is 69.0 Å². The Balaban J connectivity index is 1.37. The molecule has 0 saturated heterocycles. The summed E-state index contributed by atoms with van der Waals surface area (Å²) >= 11 is 5.85. The van der Waals surface area contributed by atoms with Gasteiger partial charge < -0.3 is 14.6 Å². The number of aryl methyl sites for hydroxylation is 1. The summed E-state index contributed by atoms with van der Waals surface area (Å²) in [5.74, 6) is 2.50. The largest absolute Gasteiger partial charge is 0.493 e. The molecular weight excluding hydrogens is 388 g/mol. The Labute approximate surface area is 174 Å². The van der Waals surface area contributed by atoms with Crippen LogP contribution in [0.1, 0.15) is 31.5 Å². The molecule has 0 fully saturated rings. The number of nitrogens with one attached hydrogen (secondary N) is 1. The first-order valence-corrected chi connectivity index (χ1v) is 10.3. The molecule has 0 spiro atoms. The van der Waals surface area contributed by atoms with Crippen LogP contribution < -0.4 is 10.1 Å². The predicted molar refractivity (Wildman–Crippen MR) is 113 cm³/mol. The van der Waals surface area contributed by atoms with Crippen LogP contribution in [-0.2, 0) is 17.8 Å². The van der Waals surface area contributed by atoms with Crippen LogP contribution in [-0.4, -0.2) is 27.3 Å². The summed E-state index contributed by atoms with van der Waals surface area (Å²) in [4.78, 5) is 12.3. The van der Waals surface area contributed by atoms with Crippen molar-refractivity contribution in [3.8, 4) is 17.1 Å². The van der Waals surface area contributed by atoms with E-state index in [1.165, 1.54) is 6.42 Å². The molecule has 0 bridgehead atoms. The highest BCUT2D eigenvalue weighted by Gasteiger charge is 2.16. The van der Waals surface area contributed by atoms with Crippen LogP contribution in [0.15, 0.2) is 48.5 Å². The molecule has 0 unspecified atom stereocenters. The second kappa shape index (κ2) is 9.09. The summed E-state index contributed by atoms with van der Waals surface area (Å²) in [7, 11) is 0. The molecule has 0 radical (unpaired) electrons. The van der Waals surface area contributed by atoms with Crippen LogP contribution in [0.2, 0.25) is 5.02 Å². The molecule has 6 nitrogen and oxygen atoms in total. The van der Waals surface area contributed by atoms with E-state index in [1.807, 2.05) is 24.3 Å². The van der Waals surface area contributed by atoms with Gasteiger partial charge in [0.25, 0.3) is 0 Å². The lowest BCUT2D eigenvalue weighted by molar-refractivity contribution is -0.116. The SMILES string of the molecule is O=C(CCOc1ccc(Cl)cc1)Nc1cccc(-c2nnc3n2CCCCC3)c1. The third kappa shape index (κ3) is 4.95. The van der Waals surface area contributed by atoms with Gasteiger partial charge in [-0.25, -0.2) is 0 Å². The number of hydrogen-bond donors (Lipinski definition) is 1. The lowest BCUT2D eigenvalue weighted by atomic mass is 10.2. The van der Waals surface area contributed by atoms with E-state index in [9.17, 15) is 4.79 Å². The van der Waals surface area contributed by atoms with E-state index >= 15 is 0 Å². The molecule has 2 aromatic carbocycles. The van der Waals surface area contributed by atoms with Crippen molar-refractivity contribution in [1.29, 1.82) is 0 Å². The summed E-state index contributed by atoms with van der Waals surface area (Å²) in [6, 6.07) is 14.8. The maximum Gasteiger partial charge on any atom is 0.227 e. The van der Waals surface area contributed by atoms with Gasteiger partial charge in [0.15, 0.2) is 5.82 Å². The molecule has 150 valence electrons. The van der Waals surface area contributed by atoms with E-state index < -0.39 is 0 Å². The summed E-state index contributed by atoms with van der Waals surface area (Å²) in [6.45, 7) is 1.24. The molecule has 1 aliphatic heterocycles. The Morgan fingerprint density at radius 3 is 2.83 bits per heavy atom. The third-order valence-electron chi connectivity index (χ3n) is 4.93. The number of carbonyl (C=O) groups is 1. The lowest BCUT2D eigenvalue weighted by Gasteiger charge is -2.10. The zero-order chi connectivity index (χ0) is 20.1. The monoisotopic (exact) mass is 410 g/mol. The number of benzene rings is 2. The van der Waals surface area contributed by atoms with Gasteiger partial charge in [-0.2, -0.15) is 0 Å². The molecule has 1 aliphatic rings. The highest BCUT2D eigenvalue weighted by atomic mass is 35.5. The number of aromatic nitrogens is 3. The summed E-state index contributed by atoms with van der Waals surface area (Å²) < 4.78 is 7.79. The van der Waals surface area contributed by atoms with Gasteiger partial charge in [0.2, 0.25) is 5.91 Å². The highest BCUT2D eigenvalue weighted by Crippen LogP contribution is 2.25. The first kappa shape index (κ1) is 19.5. The second-order valence-electron chi connectivity index (χ2n) is 7.08. The van der Waals surface area contributed by atoms with Crippen molar-refractivity contribution in [3.05, 3.63) is 59.4 Å². The fourth-order valence-electron chi connectivity index (χ4n) is 3.45. The Kier molecular flexibility index (Phi) is 6.10. The molecule has 0 atom stereocenters.